The van der Waals surface area contributed by atoms with Crippen LogP contribution in [0.3, 0.4) is 0 Å². The van der Waals surface area contributed by atoms with Crippen molar-refractivity contribution in [2.24, 2.45) is 0 Å². The molecule has 98 valence electrons. The molecule has 0 bridgehead atoms. The summed E-state index contributed by atoms with van der Waals surface area (Å²) >= 11 is 8.84. The van der Waals surface area contributed by atoms with Gasteiger partial charge >= 0.3 is 0 Å². The van der Waals surface area contributed by atoms with Gasteiger partial charge in [-0.2, -0.15) is 0 Å². The van der Waals surface area contributed by atoms with Gasteiger partial charge in [-0.05, 0) is 51.3 Å². The number of hydrogen-bond acceptors (Lipinski definition) is 2. The number of unbranched alkanes of at least 4 members (excludes halogenated alkanes) is 3. The van der Waals surface area contributed by atoms with Gasteiger partial charge in [0.15, 0.2) is 0 Å². The van der Waals surface area contributed by atoms with E-state index in [0.29, 0.717) is 6.04 Å². The maximum Gasteiger partial charge on any atom is 0.0843 e. The van der Waals surface area contributed by atoms with Crippen molar-refractivity contribution in [2.45, 2.75) is 58.5 Å². The van der Waals surface area contributed by atoms with Gasteiger partial charge in [-0.3, -0.25) is 0 Å². The largest absolute Gasteiger partial charge is 0.309 e. The average molecular weight is 383 g/mol. The molecule has 0 amide bonds. The first kappa shape index (κ1) is 15.7. The van der Waals surface area contributed by atoms with E-state index in [9.17, 15) is 0 Å². The second-order valence-corrected chi connectivity index (χ2v) is 7.77. The van der Waals surface area contributed by atoms with Crippen molar-refractivity contribution >= 4 is 43.2 Å². The third-order valence-corrected chi connectivity index (χ3v) is 6.07. The molecule has 1 aromatic rings. The summed E-state index contributed by atoms with van der Waals surface area (Å²) in [4.78, 5) is 1.38. The molecule has 1 aromatic heterocycles. The standard InChI is InChI=1S/C13H21Br2NS/c1-3-4-5-6-7-10(2)16-9-11-8-12(14)13(15)17-11/h8,10,16H,3-7,9H2,1-2H3. The van der Waals surface area contributed by atoms with Gasteiger partial charge < -0.3 is 5.32 Å². The fourth-order valence-corrected chi connectivity index (χ4v) is 3.86. The van der Waals surface area contributed by atoms with Gasteiger partial charge in [0.05, 0.1) is 3.79 Å². The van der Waals surface area contributed by atoms with E-state index >= 15 is 0 Å². The van der Waals surface area contributed by atoms with E-state index in [4.69, 9.17) is 0 Å². The van der Waals surface area contributed by atoms with E-state index in [1.54, 1.807) is 11.3 Å². The molecule has 17 heavy (non-hydrogen) atoms. The fourth-order valence-electron chi connectivity index (χ4n) is 1.73. The Morgan fingerprint density at radius 1 is 1.29 bits per heavy atom. The summed E-state index contributed by atoms with van der Waals surface area (Å²) in [6.07, 6.45) is 6.70. The van der Waals surface area contributed by atoms with Crippen molar-refractivity contribution in [1.82, 2.24) is 5.32 Å². The van der Waals surface area contributed by atoms with Crippen molar-refractivity contribution in [1.29, 1.82) is 0 Å². The summed E-state index contributed by atoms with van der Waals surface area (Å²) in [5.74, 6) is 0. The maximum atomic E-state index is 3.59. The monoisotopic (exact) mass is 381 g/mol. The molecule has 0 aliphatic carbocycles. The second kappa shape index (κ2) is 8.68. The van der Waals surface area contributed by atoms with Gasteiger partial charge in [-0.25, -0.2) is 0 Å². The van der Waals surface area contributed by atoms with Gasteiger partial charge in [0, 0.05) is 21.9 Å². The average Bonchev–Trinajstić information content (AvgIpc) is 2.62. The van der Waals surface area contributed by atoms with Gasteiger partial charge in [0.1, 0.15) is 0 Å². The normalized spacial score (nSPS) is 12.9. The molecule has 1 atom stereocenters. The third kappa shape index (κ3) is 6.37. The van der Waals surface area contributed by atoms with Gasteiger partial charge in [-0.1, -0.05) is 32.6 Å². The lowest BCUT2D eigenvalue weighted by Crippen LogP contribution is -2.24. The maximum absolute atomic E-state index is 3.59. The molecular formula is C13H21Br2NS. The van der Waals surface area contributed by atoms with Crippen molar-refractivity contribution in [2.75, 3.05) is 0 Å². The summed E-state index contributed by atoms with van der Waals surface area (Å²) in [6.45, 7) is 5.52. The van der Waals surface area contributed by atoms with Crippen LogP contribution in [0, 0.1) is 0 Å². The molecule has 0 saturated carbocycles. The first-order valence-corrected chi connectivity index (χ1v) is 8.70. The van der Waals surface area contributed by atoms with Gasteiger partial charge in [0.25, 0.3) is 0 Å². The Morgan fingerprint density at radius 3 is 2.65 bits per heavy atom. The Balaban J connectivity index is 2.17. The van der Waals surface area contributed by atoms with Gasteiger partial charge in [0.2, 0.25) is 0 Å². The molecule has 1 nitrogen and oxygen atoms in total. The van der Waals surface area contributed by atoms with Crippen molar-refractivity contribution in [3.05, 3.63) is 19.2 Å². The predicted octanol–water partition coefficient (Wildman–Crippen LogP) is 5.72. The molecule has 1 N–H and O–H groups in total. The number of halogens is 2. The van der Waals surface area contributed by atoms with Crippen LogP contribution in [0.5, 0.6) is 0 Å². The summed E-state index contributed by atoms with van der Waals surface area (Å²) in [5.41, 5.74) is 0. The molecule has 0 fully saturated rings. The van der Waals surface area contributed by atoms with E-state index in [1.165, 1.54) is 40.8 Å². The van der Waals surface area contributed by atoms with E-state index < -0.39 is 0 Å². The van der Waals surface area contributed by atoms with Crippen LogP contribution in [0.25, 0.3) is 0 Å². The van der Waals surface area contributed by atoms with Crippen molar-refractivity contribution in [3.8, 4) is 0 Å². The lowest BCUT2D eigenvalue weighted by atomic mass is 10.1. The van der Waals surface area contributed by atoms with Crippen LogP contribution in [0.2, 0.25) is 0 Å². The quantitative estimate of drug-likeness (QED) is 0.566. The Kier molecular flexibility index (Phi) is 8.00. The summed E-state index contributed by atoms with van der Waals surface area (Å²) < 4.78 is 2.35. The topological polar surface area (TPSA) is 12.0 Å². The highest BCUT2D eigenvalue weighted by Crippen LogP contribution is 2.32. The van der Waals surface area contributed by atoms with E-state index in [0.717, 1.165) is 11.0 Å². The lowest BCUT2D eigenvalue weighted by Gasteiger charge is -2.12. The van der Waals surface area contributed by atoms with Crippen LogP contribution in [0.1, 0.15) is 50.8 Å². The lowest BCUT2D eigenvalue weighted by molar-refractivity contribution is 0.484. The minimum atomic E-state index is 0.617. The summed E-state index contributed by atoms with van der Waals surface area (Å²) in [6, 6.07) is 2.80. The molecule has 0 aliphatic rings. The molecule has 1 rings (SSSR count). The summed E-state index contributed by atoms with van der Waals surface area (Å²) in [5, 5.41) is 3.59. The molecule has 0 aromatic carbocycles. The zero-order valence-electron chi connectivity index (χ0n) is 10.6. The van der Waals surface area contributed by atoms with Crippen LogP contribution >= 0.6 is 43.2 Å². The Hall–Kier alpha value is 0.620. The molecule has 4 heteroatoms. The van der Waals surface area contributed by atoms with E-state index in [-0.39, 0.29) is 0 Å². The smallest absolute Gasteiger partial charge is 0.0843 e. The fraction of sp³-hybridized carbons (Fsp3) is 0.692. The van der Waals surface area contributed by atoms with Crippen LogP contribution in [0.15, 0.2) is 14.3 Å². The zero-order valence-corrected chi connectivity index (χ0v) is 14.6. The Labute approximate surface area is 126 Å². The minimum absolute atomic E-state index is 0.617. The molecule has 0 radical (unpaired) electrons. The highest BCUT2D eigenvalue weighted by Gasteiger charge is 2.06. The van der Waals surface area contributed by atoms with Crippen LogP contribution in [0.4, 0.5) is 0 Å². The first-order valence-electron chi connectivity index (χ1n) is 6.30. The second-order valence-electron chi connectivity index (χ2n) is 4.47. The first-order chi connectivity index (χ1) is 8.13. The highest BCUT2D eigenvalue weighted by atomic mass is 79.9. The number of thiophene rings is 1. The molecule has 0 aliphatic heterocycles. The number of nitrogens with one attached hydrogen (secondary N) is 1. The number of rotatable bonds is 8. The molecule has 0 spiro atoms. The molecular weight excluding hydrogens is 362 g/mol. The molecule has 1 unspecified atom stereocenters. The van der Waals surface area contributed by atoms with E-state index in [1.807, 2.05) is 0 Å². The molecule has 0 saturated heterocycles. The summed E-state index contributed by atoms with van der Waals surface area (Å²) in [7, 11) is 0. The van der Waals surface area contributed by atoms with Crippen LogP contribution in [-0.4, -0.2) is 6.04 Å². The Morgan fingerprint density at radius 2 is 2.06 bits per heavy atom. The van der Waals surface area contributed by atoms with Crippen LogP contribution < -0.4 is 5.32 Å². The highest BCUT2D eigenvalue weighted by molar-refractivity contribution is 9.13. The predicted molar refractivity (Wildman–Crippen MR) is 84.8 cm³/mol. The van der Waals surface area contributed by atoms with Crippen molar-refractivity contribution in [3.63, 3.8) is 0 Å². The molecule has 1 heterocycles. The van der Waals surface area contributed by atoms with Crippen molar-refractivity contribution < 1.29 is 0 Å². The minimum Gasteiger partial charge on any atom is -0.309 e. The van der Waals surface area contributed by atoms with Crippen LogP contribution in [-0.2, 0) is 6.54 Å². The van der Waals surface area contributed by atoms with E-state index in [2.05, 4.69) is 57.1 Å². The number of hydrogen-bond donors (Lipinski definition) is 1. The SMILES string of the molecule is CCCCCCC(C)NCc1cc(Br)c(Br)s1. The zero-order chi connectivity index (χ0) is 12.7. The third-order valence-electron chi connectivity index (χ3n) is 2.81. The van der Waals surface area contributed by atoms with Gasteiger partial charge in [-0.15, -0.1) is 11.3 Å². The Bertz CT molecular complexity index is 306.